The average Bonchev–Trinajstić information content (AvgIpc) is 3.57. The van der Waals surface area contributed by atoms with Gasteiger partial charge in [0.2, 0.25) is 5.91 Å². The molecule has 7 nitrogen and oxygen atoms in total. The fraction of sp³-hybridized carbons (Fsp3) is 0.400. The van der Waals surface area contributed by atoms with Gasteiger partial charge in [0.15, 0.2) is 6.23 Å². The Hall–Kier alpha value is -3.26. The third-order valence-electron chi connectivity index (χ3n) is 6.74. The molecular weight excluding hydrogens is 550 g/mol. The second-order valence-electron chi connectivity index (χ2n) is 9.98. The number of thioether (sulfide) groups is 1. The zero-order chi connectivity index (χ0) is 28.3. The van der Waals surface area contributed by atoms with Gasteiger partial charge in [-0.3, -0.25) is 19.7 Å². The summed E-state index contributed by atoms with van der Waals surface area (Å²) >= 11 is 0.785. The largest absolute Gasteiger partial charge is 0.416 e. The number of aliphatic hydroxyl groups is 1. The van der Waals surface area contributed by atoms with Crippen LogP contribution in [0.4, 0.5) is 31.1 Å². The lowest BCUT2D eigenvalue weighted by Crippen LogP contribution is -2.47. The number of nitrogens with zero attached hydrogens (tertiary/aromatic N) is 3. The molecule has 0 bridgehead atoms. The molecule has 2 heterocycles. The molecule has 1 saturated carbocycles. The van der Waals surface area contributed by atoms with Crippen molar-refractivity contribution in [2.45, 2.75) is 51.3 Å². The van der Waals surface area contributed by atoms with Gasteiger partial charge in [-0.05, 0) is 48.7 Å². The van der Waals surface area contributed by atoms with Crippen LogP contribution >= 0.6 is 11.8 Å². The number of fused-ring (bicyclic) bond motifs is 1. The fourth-order valence-electron chi connectivity index (χ4n) is 4.54. The topological polar surface area (TPSA) is 87.5 Å². The number of alkyl halides is 6. The smallest absolute Gasteiger partial charge is 0.367 e. The van der Waals surface area contributed by atoms with Crippen molar-refractivity contribution < 1.29 is 41.0 Å². The summed E-state index contributed by atoms with van der Waals surface area (Å²) in [6.07, 6.45) is -2.82. The monoisotopic (exact) mass is 572 g/mol. The number of hydrogen-bond donors (Lipinski definition) is 2. The summed E-state index contributed by atoms with van der Waals surface area (Å²) in [6, 6.07) is 1.53. The highest BCUT2D eigenvalue weighted by Crippen LogP contribution is 2.40. The van der Waals surface area contributed by atoms with Crippen molar-refractivity contribution in [3.63, 3.8) is 0 Å². The normalized spacial score (nSPS) is 24.4. The van der Waals surface area contributed by atoms with E-state index in [0.29, 0.717) is 28.0 Å². The quantitative estimate of drug-likeness (QED) is 0.534. The van der Waals surface area contributed by atoms with Gasteiger partial charge in [0.25, 0.3) is 0 Å². The van der Waals surface area contributed by atoms with Gasteiger partial charge in [0.05, 0.1) is 29.2 Å². The van der Waals surface area contributed by atoms with E-state index in [1.165, 1.54) is 10.9 Å². The van der Waals surface area contributed by atoms with Crippen molar-refractivity contribution >= 4 is 35.1 Å². The number of amides is 2. The SMILES string of the molecule is CC1(/C=C2\SC(=O)N(NC(=O)C3CC3)C2O)C=c2cnn(Cc3ccc(C(F)(F)F)cc3C(F)(F)F)c2=CC1. The van der Waals surface area contributed by atoms with Crippen LogP contribution in [0.3, 0.4) is 0 Å². The molecule has 1 aromatic heterocycles. The van der Waals surface area contributed by atoms with Crippen LogP contribution in [-0.4, -0.2) is 37.3 Å². The predicted molar refractivity (Wildman–Crippen MR) is 128 cm³/mol. The molecule has 39 heavy (non-hydrogen) atoms. The van der Waals surface area contributed by atoms with Crippen LogP contribution in [0.25, 0.3) is 12.2 Å². The highest BCUT2D eigenvalue weighted by Gasteiger charge is 2.41. The molecule has 3 aliphatic rings. The van der Waals surface area contributed by atoms with Crippen molar-refractivity contribution in [3.8, 4) is 0 Å². The van der Waals surface area contributed by atoms with E-state index >= 15 is 0 Å². The molecule has 14 heteroatoms. The lowest BCUT2D eigenvalue weighted by molar-refractivity contribution is -0.143. The van der Waals surface area contributed by atoms with Crippen LogP contribution in [-0.2, 0) is 23.7 Å². The third-order valence-corrected chi connectivity index (χ3v) is 7.68. The Balaban J connectivity index is 1.40. The first-order valence-corrected chi connectivity index (χ1v) is 12.7. The molecule has 2 amide bonds. The number of hydrazine groups is 1. The molecule has 2 atom stereocenters. The van der Waals surface area contributed by atoms with Gasteiger partial charge in [0, 0.05) is 21.5 Å². The molecule has 2 unspecified atom stereocenters. The molecule has 2 aliphatic carbocycles. The summed E-state index contributed by atoms with van der Waals surface area (Å²) in [7, 11) is 0. The Kier molecular flexibility index (Phi) is 6.61. The summed E-state index contributed by atoms with van der Waals surface area (Å²) in [5.41, 5.74) is -1.38. The molecule has 2 N–H and O–H groups in total. The van der Waals surface area contributed by atoms with Crippen LogP contribution in [0.2, 0.25) is 0 Å². The molecular formula is C25H22F6N4O3S. The maximum atomic E-state index is 13.6. The van der Waals surface area contributed by atoms with Gasteiger partial charge in [-0.15, -0.1) is 0 Å². The zero-order valence-corrected chi connectivity index (χ0v) is 21.1. The Labute approximate surface area is 221 Å². The Bertz CT molecular complexity index is 1490. The lowest BCUT2D eigenvalue weighted by atomic mass is 9.83. The van der Waals surface area contributed by atoms with Crippen LogP contribution in [0.5, 0.6) is 0 Å². The maximum Gasteiger partial charge on any atom is 0.416 e. The van der Waals surface area contributed by atoms with E-state index in [-0.39, 0.29) is 23.5 Å². The Morgan fingerprint density at radius 1 is 1.23 bits per heavy atom. The molecule has 2 fully saturated rings. The maximum absolute atomic E-state index is 13.6. The fourth-order valence-corrected chi connectivity index (χ4v) is 5.52. The van der Waals surface area contributed by atoms with Gasteiger partial charge in [0.1, 0.15) is 0 Å². The van der Waals surface area contributed by atoms with Gasteiger partial charge in [-0.25, -0.2) is 5.01 Å². The van der Waals surface area contributed by atoms with E-state index in [1.54, 1.807) is 18.2 Å². The molecule has 0 spiro atoms. The minimum absolute atomic E-state index is 0.104. The second-order valence-corrected chi connectivity index (χ2v) is 11.0. The average molecular weight is 573 g/mol. The van der Waals surface area contributed by atoms with E-state index in [2.05, 4.69) is 10.5 Å². The van der Waals surface area contributed by atoms with E-state index in [1.807, 2.05) is 6.92 Å². The number of allylic oxidation sites excluding steroid dienone is 1. The number of aliphatic hydroxyl groups excluding tert-OH is 1. The molecule has 5 rings (SSSR count). The summed E-state index contributed by atoms with van der Waals surface area (Å²) in [6.45, 7) is 1.43. The van der Waals surface area contributed by atoms with Crippen LogP contribution in [0.1, 0.15) is 42.9 Å². The molecule has 208 valence electrons. The van der Waals surface area contributed by atoms with Gasteiger partial charge < -0.3 is 5.11 Å². The first-order chi connectivity index (χ1) is 18.1. The highest BCUT2D eigenvalue weighted by atomic mass is 32.2. The number of aromatic nitrogens is 2. The molecule has 1 aromatic carbocycles. The van der Waals surface area contributed by atoms with Crippen molar-refractivity contribution in [2.24, 2.45) is 11.3 Å². The highest BCUT2D eigenvalue weighted by molar-refractivity contribution is 8.17. The number of carbonyl (C=O) groups excluding carboxylic acids is 2. The van der Waals surface area contributed by atoms with Crippen LogP contribution in [0, 0.1) is 11.3 Å². The van der Waals surface area contributed by atoms with Crippen LogP contribution < -0.4 is 16.0 Å². The van der Waals surface area contributed by atoms with Crippen molar-refractivity contribution in [3.05, 3.63) is 62.6 Å². The number of halogens is 6. The number of benzene rings is 1. The van der Waals surface area contributed by atoms with E-state index < -0.39 is 46.9 Å². The van der Waals surface area contributed by atoms with Gasteiger partial charge >= 0.3 is 17.6 Å². The molecule has 1 saturated heterocycles. The first kappa shape index (κ1) is 27.3. The molecule has 2 aromatic rings. The minimum atomic E-state index is -4.99. The lowest BCUT2D eigenvalue weighted by Gasteiger charge is -2.25. The summed E-state index contributed by atoms with van der Waals surface area (Å²) in [5, 5.41) is 16.2. The minimum Gasteiger partial charge on any atom is -0.367 e. The van der Waals surface area contributed by atoms with Crippen molar-refractivity contribution in [1.82, 2.24) is 20.2 Å². The molecule has 1 aliphatic heterocycles. The van der Waals surface area contributed by atoms with E-state index in [0.717, 1.165) is 35.7 Å². The Morgan fingerprint density at radius 3 is 2.59 bits per heavy atom. The molecule has 0 radical (unpaired) electrons. The standard InChI is InChI=1S/C25H22F6N4O3S/c1-23(10-19-21(37)35(22(38)39-19)33-20(36)13-2-3-13)7-6-18-15(9-23)11-32-34(18)12-14-4-5-16(24(26,27)28)8-17(14)25(29,30)31/h4-6,8-11,13,21,37H,2-3,7,12H2,1H3,(H,33,36)/b19-10-. The summed E-state index contributed by atoms with van der Waals surface area (Å²) in [5.74, 6) is -0.488. The zero-order valence-electron chi connectivity index (χ0n) is 20.3. The predicted octanol–water partition coefficient (Wildman–Crippen LogP) is 3.75. The first-order valence-electron chi connectivity index (χ1n) is 11.9. The van der Waals surface area contributed by atoms with E-state index in [9.17, 15) is 41.0 Å². The summed E-state index contributed by atoms with van der Waals surface area (Å²) < 4.78 is 81.1. The van der Waals surface area contributed by atoms with Gasteiger partial charge in [-0.1, -0.05) is 31.2 Å². The van der Waals surface area contributed by atoms with Crippen molar-refractivity contribution in [1.29, 1.82) is 0 Å². The van der Waals surface area contributed by atoms with Gasteiger partial charge in [-0.2, -0.15) is 31.4 Å². The number of carbonyl (C=O) groups is 2. The van der Waals surface area contributed by atoms with Crippen molar-refractivity contribution in [2.75, 3.05) is 0 Å². The summed E-state index contributed by atoms with van der Waals surface area (Å²) in [4.78, 5) is 24.7. The third kappa shape index (κ3) is 5.57. The van der Waals surface area contributed by atoms with Crippen LogP contribution in [0.15, 0.2) is 35.4 Å². The van der Waals surface area contributed by atoms with E-state index in [4.69, 9.17) is 0 Å². The number of hydrogen-bond acceptors (Lipinski definition) is 5. The number of rotatable bonds is 5. The number of nitrogens with one attached hydrogen (secondary N) is 1. The Morgan fingerprint density at radius 2 is 1.95 bits per heavy atom. The second kappa shape index (κ2) is 9.44.